The van der Waals surface area contributed by atoms with E-state index < -0.39 is 0 Å². The van der Waals surface area contributed by atoms with Crippen LogP contribution in [-0.4, -0.2) is 40.6 Å². The number of fused-ring (bicyclic) bond motifs is 1. The summed E-state index contributed by atoms with van der Waals surface area (Å²) in [6, 6.07) is 8.14. The molecule has 1 fully saturated rings. The van der Waals surface area contributed by atoms with Crippen LogP contribution in [-0.2, 0) is 0 Å². The summed E-state index contributed by atoms with van der Waals surface area (Å²) in [6.07, 6.45) is 2.40. The van der Waals surface area contributed by atoms with Gasteiger partial charge < -0.3 is 14.3 Å². The fraction of sp³-hybridized carbons (Fsp3) is 0.375. The molecule has 4 aromatic rings. The van der Waals surface area contributed by atoms with Crippen LogP contribution in [0.1, 0.15) is 51.3 Å². The van der Waals surface area contributed by atoms with Crippen molar-refractivity contribution in [1.29, 1.82) is 0 Å². The lowest BCUT2D eigenvalue weighted by molar-refractivity contribution is 0.0940. The predicted octanol–water partition coefficient (Wildman–Crippen LogP) is 5.04. The third kappa shape index (κ3) is 3.84. The third-order valence-corrected chi connectivity index (χ3v) is 7.06. The average molecular weight is 451 g/mol. The van der Waals surface area contributed by atoms with Crippen molar-refractivity contribution < 1.29 is 13.7 Å². The first-order chi connectivity index (χ1) is 15.5. The van der Waals surface area contributed by atoms with Crippen molar-refractivity contribution in [3.8, 4) is 11.3 Å². The highest BCUT2D eigenvalue weighted by molar-refractivity contribution is 7.10. The summed E-state index contributed by atoms with van der Waals surface area (Å²) in [4.78, 5) is 21.8. The van der Waals surface area contributed by atoms with Gasteiger partial charge in [0.1, 0.15) is 11.5 Å². The number of nitrogens with one attached hydrogen (secondary N) is 1. The summed E-state index contributed by atoms with van der Waals surface area (Å²) in [5, 5.41) is 9.97. The quantitative estimate of drug-likeness (QED) is 0.443. The lowest BCUT2D eigenvalue weighted by Gasteiger charge is -2.27. The van der Waals surface area contributed by atoms with E-state index in [2.05, 4.69) is 37.9 Å². The molecule has 0 aromatic carbocycles. The van der Waals surface area contributed by atoms with E-state index in [-0.39, 0.29) is 11.9 Å². The molecule has 7 nitrogen and oxygen atoms in total. The highest BCUT2D eigenvalue weighted by atomic mass is 32.1. The molecule has 1 amide bonds. The minimum Gasteiger partial charge on any atom is -0.466 e. The van der Waals surface area contributed by atoms with Gasteiger partial charge in [0.05, 0.1) is 28.4 Å². The molecule has 1 unspecified atom stereocenters. The fourth-order valence-electron chi connectivity index (χ4n) is 4.53. The molecule has 5 heterocycles. The Morgan fingerprint density at radius 2 is 2.06 bits per heavy atom. The van der Waals surface area contributed by atoms with Crippen molar-refractivity contribution in [1.82, 2.24) is 20.4 Å². The van der Waals surface area contributed by atoms with Crippen molar-refractivity contribution in [2.75, 3.05) is 19.6 Å². The van der Waals surface area contributed by atoms with Gasteiger partial charge in [-0.05, 0) is 70.3 Å². The highest BCUT2D eigenvalue weighted by Gasteiger charge is 2.26. The summed E-state index contributed by atoms with van der Waals surface area (Å²) in [5.41, 5.74) is 3.02. The molecule has 4 aromatic heterocycles. The molecular formula is C24H26N4O3S. The number of carbonyl (C=O) groups is 1. The Hall–Kier alpha value is -2.97. The predicted molar refractivity (Wildman–Crippen MR) is 124 cm³/mol. The maximum absolute atomic E-state index is 13.4. The van der Waals surface area contributed by atoms with Gasteiger partial charge in [0.25, 0.3) is 11.6 Å². The third-order valence-electron chi connectivity index (χ3n) is 6.09. The SMILES string of the molecule is Cc1cc(-c2cc(C(=O)NCC(c3cccs3)N3CCCC3)c3c(C)noc3n2)c(C)o1. The van der Waals surface area contributed by atoms with Crippen LogP contribution in [0.25, 0.3) is 22.4 Å². The Morgan fingerprint density at radius 1 is 1.25 bits per heavy atom. The Labute approximate surface area is 190 Å². The van der Waals surface area contributed by atoms with Gasteiger partial charge in [0, 0.05) is 17.0 Å². The van der Waals surface area contributed by atoms with Gasteiger partial charge in [-0.1, -0.05) is 11.2 Å². The molecule has 1 aliphatic rings. The normalized spacial score (nSPS) is 15.5. The van der Waals surface area contributed by atoms with E-state index in [9.17, 15) is 4.79 Å². The van der Waals surface area contributed by atoms with E-state index in [1.54, 1.807) is 11.3 Å². The summed E-state index contributed by atoms with van der Waals surface area (Å²) in [7, 11) is 0. The first-order valence-electron chi connectivity index (χ1n) is 10.9. The lowest BCUT2D eigenvalue weighted by Crippen LogP contribution is -2.36. The van der Waals surface area contributed by atoms with Gasteiger partial charge in [-0.25, -0.2) is 4.98 Å². The molecule has 0 saturated carbocycles. The fourth-order valence-corrected chi connectivity index (χ4v) is 5.39. The van der Waals surface area contributed by atoms with Crippen molar-refractivity contribution in [2.24, 2.45) is 0 Å². The number of carbonyl (C=O) groups excluding carboxylic acids is 1. The molecule has 1 atom stereocenters. The summed E-state index contributed by atoms with van der Waals surface area (Å²) < 4.78 is 11.1. The standard InChI is InChI=1S/C24H26N4O3S/c1-14-11-17(16(3)30-14)19-12-18(22-15(2)27-31-24(22)26-19)23(29)25-13-20(21-7-6-10-32-21)28-8-4-5-9-28/h6-7,10-12,20H,4-5,8-9,13H2,1-3H3,(H,25,29). The molecular weight excluding hydrogens is 424 g/mol. The molecule has 32 heavy (non-hydrogen) atoms. The van der Waals surface area contributed by atoms with Crippen LogP contribution >= 0.6 is 11.3 Å². The first kappa shape index (κ1) is 20.9. The van der Waals surface area contributed by atoms with Crippen molar-refractivity contribution in [3.63, 3.8) is 0 Å². The molecule has 1 saturated heterocycles. The monoisotopic (exact) mass is 450 g/mol. The van der Waals surface area contributed by atoms with E-state index in [4.69, 9.17) is 8.94 Å². The number of amides is 1. The average Bonchev–Trinajstić information content (AvgIpc) is 3.57. The number of hydrogen-bond donors (Lipinski definition) is 1. The molecule has 1 N–H and O–H groups in total. The lowest BCUT2D eigenvalue weighted by atomic mass is 10.1. The van der Waals surface area contributed by atoms with Gasteiger partial charge >= 0.3 is 0 Å². The molecule has 1 aliphatic heterocycles. The smallest absolute Gasteiger partial charge is 0.259 e. The molecule has 0 spiro atoms. The zero-order valence-corrected chi connectivity index (χ0v) is 19.3. The minimum atomic E-state index is -0.149. The van der Waals surface area contributed by atoms with Crippen molar-refractivity contribution in [2.45, 2.75) is 39.7 Å². The van der Waals surface area contributed by atoms with Crippen LogP contribution in [0.15, 0.2) is 38.6 Å². The first-order valence-corrected chi connectivity index (χ1v) is 11.8. The maximum atomic E-state index is 13.4. The minimum absolute atomic E-state index is 0.149. The molecule has 0 bridgehead atoms. The van der Waals surface area contributed by atoms with Gasteiger partial charge in [0.2, 0.25) is 0 Å². The Balaban J connectivity index is 1.47. The number of aromatic nitrogens is 2. The number of likely N-dealkylation sites (tertiary alicyclic amines) is 1. The van der Waals surface area contributed by atoms with Gasteiger partial charge in [0.15, 0.2) is 0 Å². The number of pyridine rings is 1. The van der Waals surface area contributed by atoms with Gasteiger partial charge in [-0.3, -0.25) is 9.69 Å². The number of aryl methyl sites for hydroxylation is 3. The van der Waals surface area contributed by atoms with Crippen molar-refractivity contribution >= 4 is 28.3 Å². The number of nitrogens with zero attached hydrogens (tertiary/aromatic N) is 3. The largest absolute Gasteiger partial charge is 0.466 e. The van der Waals surface area contributed by atoms with E-state index in [1.165, 1.54) is 17.7 Å². The number of thiophene rings is 1. The second-order valence-corrected chi connectivity index (χ2v) is 9.29. The van der Waals surface area contributed by atoms with Gasteiger partial charge in [-0.2, -0.15) is 0 Å². The van der Waals surface area contributed by atoms with E-state index in [0.29, 0.717) is 34.6 Å². The number of hydrogen-bond acceptors (Lipinski definition) is 7. The van der Waals surface area contributed by atoms with Gasteiger partial charge in [-0.15, -0.1) is 11.3 Å². The van der Waals surface area contributed by atoms with E-state index >= 15 is 0 Å². The zero-order valence-electron chi connectivity index (χ0n) is 18.5. The van der Waals surface area contributed by atoms with Crippen LogP contribution < -0.4 is 5.32 Å². The van der Waals surface area contributed by atoms with E-state index in [0.717, 1.165) is 30.2 Å². The maximum Gasteiger partial charge on any atom is 0.259 e. The van der Waals surface area contributed by atoms with Crippen LogP contribution in [0.3, 0.4) is 0 Å². The molecule has 0 radical (unpaired) electrons. The highest BCUT2D eigenvalue weighted by Crippen LogP contribution is 2.31. The molecule has 8 heteroatoms. The molecule has 0 aliphatic carbocycles. The Morgan fingerprint density at radius 3 is 2.75 bits per heavy atom. The Bertz CT molecular complexity index is 1250. The molecule has 166 valence electrons. The Kier molecular flexibility index (Phi) is 5.57. The van der Waals surface area contributed by atoms with Crippen LogP contribution in [0.4, 0.5) is 0 Å². The second-order valence-electron chi connectivity index (χ2n) is 8.31. The summed E-state index contributed by atoms with van der Waals surface area (Å²) in [6.45, 7) is 8.28. The topological polar surface area (TPSA) is 84.4 Å². The summed E-state index contributed by atoms with van der Waals surface area (Å²) >= 11 is 1.74. The van der Waals surface area contributed by atoms with Crippen LogP contribution in [0.5, 0.6) is 0 Å². The van der Waals surface area contributed by atoms with Crippen LogP contribution in [0, 0.1) is 20.8 Å². The van der Waals surface area contributed by atoms with Crippen LogP contribution in [0.2, 0.25) is 0 Å². The molecule has 5 rings (SSSR count). The second kappa shape index (κ2) is 8.52. The van der Waals surface area contributed by atoms with Crippen molar-refractivity contribution in [3.05, 3.63) is 57.3 Å². The number of rotatable bonds is 6. The number of furan rings is 1. The zero-order chi connectivity index (χ0) is 22.2. The summed E-state index contributed by atoms with van der Waals surface area (Å²) in [5.74, 6) is 1.40. The van der Waals surface area contributed by atoms with E-state index in [1.807, 2.05) is 32.9 Å².